The molecule has 21 heavy (non-hydrogen) atoms. The number of carbonyl (C=O) groups excluding carboxylic acids is 1. The Balaban J connectivity index is 2.08. The zero-order valence-electron chi connectivity index (χ0n) is 13.1. The van der Waals surface area contributed by atoms with Crippen LogP contribution in [0.25, 0.3) is 0 Å². The van der Waals surface area contributed by atoms with Gasteiger partial charge in [-0.3, -0.25) is 4.79 Å². The maximum atomic E-state index is 12.5. The van der Waals surface area contributed by atoms with Gasteiger partial charge in [-0.1, -0.05) is 6.92 Å². The molecular weight excluding hydrogens is 266 g/mol. The van der Waals surface area contributed by atoms with Gasteiger partial charge in [-0.15, -0.1) is 0 Å². The number of hydrogen-bond acceptors (Lipinski definition) is 4. The molecule has 2 N–H and O–H groups in total. The van der Waals surface area contributed by atoms with Crippen molar-refractivity contribution in [2.75, 3.05) is 39.1 Å². The van der Waals surface area contributed by atoms with E-state index in [1.807, 2.05) is 25.2 Å². The quantitative estimate of drug-likeness (QED) is 0.870. The Morgan fingerprint density at radius 3 is 2.95 bits per heavy atom. The van der Waals surface area contributed by atoms with Crippen LogP contribution in [0.3, 0.4) is 0 Å². The number of likely N-dealkylation sites (N-methyl/N-ethyl adjacent to an activating group) is 1. The molecule has 1 heterocycles. The zero-order valence-corrected chi connectivity index (χ0v) is 13.1. The van der Waals surface area contributed by atoms with Crippen molar-refractivity contribution in [1.82, 2.24) is 10.2 Å². The number of rotatable bonds is 5. The van der Waals surface area contributed by atoms with Crippen molar-refractivity contribution in [2.45, 2.75) is 25.8 Å². The van der Waals surface area contributed by atoms with Gasteiger partial charge >= 0.3 is 0 Å². The van der Waals surface area contributed by atoms with Gasteiger partial charge in [0.1, 0.15) is 5.75 Å². The number of nitrogens with zero attached hydrogens (tertiary/aromatic N) is 1. The molecule has 1 aromatic carbocycles. The highest BCUT2D eigenvalue weighted by molar-refractivity contribution is 5.98. The summed E-state index contributed by atoms with van der Waals surface area (Å²) in [5, 5.41) is 6.19. The number of amides is 1. The van der Waals surface area contributed by atoms with E-state index in [0.717, 1.165) is 38.2 Å². The topological polar surface area (TPSA) is 53.6 Å². The second-order valence-corrected chi connectivity index (χ2v) is 5.37. The van der Waals surface area contributed by atoms with E-state index < -0.39 is 0 Å². The first-order chi connectivity index (χ1) is 10.2. The number of piperidine rings is 1. The minimum absolute atomic E-state index is 0.0631. The Kier molecular flexibility index (Phi) is 5.44. The number of carbonyl (C=O) groups is 1. The highest BCUT2D eigenvalue weighted by atomic mass is 16.5. The molecule has 0 bridgehead atoms. The van der Waals surface area contributed by atoms with E-state index in [1.165, 1.54) is 0 Å². The van der Waals surface area contributed by atoms with Crippen molar-refractivity contribution in [3.63, 3.8) is 0 Å². The van der Waals surface area contributed by atoms with Gasteiger partial charge in [0.05, 0.1) is 12.7 Å². The van der Waals surface area contributed by atoms with Crippen LogP contribution in [0.15, 0.2) is 18.2 Å². The van der Waals surface area contributed by atoms with Gasteiger partial charge < -0.3 is 20.3 Å². The van der Waals surface area contributed by atoms with E-state index in [0.29, 0.717) is 11.3 Å². The van der Waals surface area contributed by atoms with Gasteiger partial charge in [0.25, 0.3) is 5.91 Å². The van der Waals surface area contributed by atoms with Crippen LogP contribution >= 0.6 is 0 Å². The van der Waals surface area contributed by atoms with Crippen LogP contribution in [-0.4, -0.2) is 50.6 Å². The average molecular weight is 291 g/mol. The van der Waals surface area contributed by atoms with Gasteiger partial charge in [0, 0.05) is 25.3 Å². The number of benzene rings is 1. The van der Waals surface area contributed by atoms with E-state index in [-0.39, 0.29) is 11.9 Å². The molecule has 1 aliphatic rings. The Bertz CT molecular complexity index is 490. The maximum absolute atomic E-state index is 12.5. The Morgan fingerprint density at radius 2 is 2.29 bits per heavy atom. The molecule has 1 saturated heterocycles. The fraction of sp³-hybridized carbons (Fsp3) is 0.562. The molecule has 5 heteroatoms. The van der Waals surface area contributed by atoms with Crippen LogP contribution in [0.1, 0.15) is 30.1 Å². The van der Waals surface area contributed by atoms with Crippen LogP contribution in [0.5, 0.6) is 5.75 Å². The second-order valence-electron chi connectivity index (χ2n) is 5.37. The summed E-state index contributed by atoms with van der Waals surface area (Å²) in [6.45, 7) is 5.24. The van der Waals surface area contributed by atoms with Gasteiger partial charge in [-0.05, 0) is 44.1 Å². The highest BCUT2D eigenvalue weighted by Gasteiger charge is 2.22. The summed E-state index contributed by atoms with van der Waals surface area (Å²) < 4.78 is 5.30. The first-order valence-electron chi connectivity index (χ1n) is 7.57. The van der Waals surface area contributed by atoms with E-state index in [4.69, 9.17) is 4.74 Å². The molecule has 1 aromatic rings. The molecule has 0 spiro atoms. The van der Waals surface area contributed by atoms with Gasteiger partial charge in [0.2, 0.25) is 0 Å². The van der Waals surface area contributed by atoms with Gasteiger partial charge in [-0.25, -0.2) is 0 Å². The molecule has 0 radical (unpaired) electrons. The molecule has 1 atom stereocenters. The number of hydrogen-bond donors (Lipinski definition) is 2. The van der Waals surface area contributed by atoms with E-state index >= 15 is 0 Å². The second kappa shape index (κ2) is 7.31. The minimum atomic E-state index is -0.0631. The molecular formula is C16H25N3O2. The molecule has 2 rings (SSSR count). The van der Waals surface area contributed by atoms with Crippen LogP contribution in [0, 0.1) is 0 Å². The molecule has 0 aromatic heterocycles. The molecule has 1 fully saturated rings. The summed E-state index contributed by atoms with van der Waals surface area (Å²) >= 11 is 0. The first-order valence-corrected chi connectivity index (χ1v) is 7.57. The molecule has 0 saturated carbocycles. The number of ether oxygens (including phenoxy) is 1. The van der Waals surface area contributed by atoms with Crippen LogP contribution in [0.4, 0.5) is 5.69 Å². The third-order valence-electron chi connectivity index (χ3n) is 4.02. The summed E-state index contributed by atoms with van der Waals surface area (Å²) in [6, 6.07) is 5.76. The molecule has 0 unspecified atom stereocenters. The lowest BCUT2D eigenvalue weighted by Crippen LogP contribution is -2.47. The van der Waals surface area contributed by atoms with Crippen LogP contribution in [-0.2, 0) is 0 Å². The first kappa shape index (κ1) is 15.6. The third-order valence-corrected chi connectivity index (χ3v) is 4.02. The number of nitrogens with one attached hydrogen (secondary N) is 2. The molecule has 116 valence electrons. The maximum Gasteiger partial charge on any atom is 0.255 e. The summed E-state index contributed by atoms with van der Waals surface area (Å²) in [5.74, 6) is 0.543. The van der Waals surface area contributed by atoms with Crippen LogP contribution in [0.2, 0.25) is 0 Å². The predicted octanol–water partition coefficient (Wildman–Crippen LogP) is 1.95. The van der Waals surface area contributed by atoms with Crippen molar-refractivity contribution in [3.8, 4) is 5.75 Å². The summed E-state index contributed by atoms with van der Waals surface area (Å²) in [5.41, 5.74) is 1.48. The third kappa shape index (κ3) is 3.88. The fourth-order valence-corrected chi connectivity index (χ4v) is 2.76. The fourth-order valence-electron chi connectivity index (χ4n) is 2.76. The lowest BCUT2D eigenvalue weighted by molar-refractivity contribution is 0.0903. The standard InChI is InChI=1S/C16H25N3O2/c1-4-19-9-5-6-13(11-19)18-16(20)14-10-12(17-2)7-8-15(14)21-3/h7-8,10,13,17H,4-6,9,11H2,1-3H3,(H,18,20)/t13-/m1/s1. The number of methoxy groups -OCH3 is 1. The summed E-state index contributed by atoms with van der Waals surface area (Å²) in [7, 11) is 3.42. The van der Waals surface area contributed by atoms with E-state index in [2.05, 4.69) is 22.5 Å². The number of likely N-dealkylation sites (tertiary alicyclic amines) is 1. The van der Waals surface area contributed by atoms with Gasteiger partial charge in [0.15, 0.2) is 0 Å². The van der Waals surface area contributed by atoms with Crippen molar-refractivity contribution in [2.24, 2.45) is 0 Å². The van der Waals surface area contributed by atoms with E-state index in [9.17, 15) is 4.79 Å². The molecule has 1 aliphatic heterocycles. The average Bonchev–Trinajstić information content (AvgIpc) is 2.54. The summed E-state index contributed by atoms with van der Waals surface area (Å²) in [6.07, 6.45) is 2.17. The smallest absolute Gasteiger partial charge is 0.255 e. The van der Waals surface area contributed by atoms with Crippen LogP contribution < -0.4 is 15.4 Å². The predicted molar refractivity (Wildman–Crippen MR) is 85.1 cm³/mol. The number of anilines is 1. The van der Waals surface area contributed by atoms with Crippen molar-refractivity contribution < 1.29 is 9.53 Å². The van der Waals surface area contributed by atoms with Gasteiger partial charge in [-0.2, -0.15) is 0 Å². The monoisotopic (exact) mass is 291 g/mol. The van der Waals surface area contributed by atoms with E-state index in [1.54, 1.807) is 7.11 Å². The lowest BCUT2D eigenvalue weighted by Gasteiger charge is -2.32. The molecule has 5 nitrogen and oxygen atoms in total. The Hall–Kier alpha value is -1.75. The Morgan fingerprint density at radius 1 is 1.48 bits per heavy atom. The largest absolute Gasteiger partial charge is 0.496 e. The van der Waals surface area contributed by atoms with Crippen molar-refractivity contribution in [1.29, 1.82) is 0 Å². The Labute approximate surface area is 126 Å². The molecule has 1 amide bonds. The lowest BCUT2D eigenvalue weighted by atomic mass is 10.0. The summed E-state index contributed by atoms with van der Waals surface area (Å²) in [4.78, 5) is 14.9. The minimum Gasteiger partial charge on any atom is -0.496 e. The van der Waals surface area contributed by atoms with Crippen molar-refractivity contribution in [3.05, 3.63) is 23.8 Å². The normalized spacial score (nSPS) is 19.1. The van der Waals surface area contributed by atoms with Crippen molar-refractivity contribution >= 4 is 11.6 Å². The highest BCUT2D eigenvalue weighted by Crippen LogP contribution is 2.23. The zero-order chi connectivity index (χ0) is 15.2. The molecule has 0 aliphatic carbocycles. The SMILES string of the molecule is CCN1CCC[C@@H](NC(=O)c2cc(NC)ccc2OC)C1.